The zero-order chi connectivity index (χ0) is 29.5. The number of carbonyl (C=O) groups excluding carboxylic acids is 1. The molecule has 1 aliphatic heterocycles. The van der Waals surface area contributed by atoms with Crippen molar-refractivity contribution < 1.29 is 23.7 Å². The van der Waals surface area contributed by atoms with E-state index in [1.54, 1.807) is 50.4 Å². The molecule has 4 rings (SSSR count). The Hall–Kier alpha value is -3.11. The van der Waals surface area contributed by atoms with E-state index in [0.29, 0.717) is 54.3 Å². The minimum Gasteiger partial charge on any atom is -0.493 e. The highest BCUT2D eigenvalue weighted by molar-refractivity contribution is 7.07. The summed E-state index contributed by atoms with van der Waals surface area (Å²) in [5.74, 6) is 0.500. The smallest absolute Gasteiger partial charge is 0.338 e. The Bertz CT molecular complexity index is 1630. The number of halogens is 2. The lowest BCUT2D eigenvalue weighted by atomic mass is 9.95. The van der Waals surface area contributed by atoms with Crippen LogP contribution in [0, 0.1) is 0 Å². The third kappa shape index (κ3) is 7.04. The van der Waals surface area contributed by atoms with E-state index in [9.17, 15) is 9.59 Å². The van der Waals surface area contributed by atoms with E-state index in [0.717, 1.165) is 19.3 Å². The maximum atomic E-state index is 13.9. The quantitative estimate of drug-likeness (QED) is 0.202. The molecule has 2 heterocycles. The van der Waals surface area contributed by atoms with Gasteiger partial charge in [-0.05, 0) is 54.8 Å². The molecule has 41 heavy (non-hydrogen) atoms. The molecule has 0 amide bonds. The molecule has 218 valence electrons. The van der Waals surface area contributed by atoms with Crippen molar-refractivity contribution in [2.75, 3.05) is 34.0 Å². The summed E-state index contributed by atoms with van der Waals surface area (Å²) >= 11 is 13.6. The van der Waals surface area contributed by atoms with E-state index >= 15 is 0 Å². The van der Waals surface area contributed by atoms with E-state index in [-0.39, 0.29) is 24.3 Å². The summed E-state index contributed by atoms with van der Waals surface area (Å²) in [4.78, 5) is 32.4. The largest absolute Gasteiger partial charge is 0.493 e. The van der Waals surface area contributed by atoms with Gasteiger partial charge < -0.3 is 18.9 Å². The number of nitrogens with zero attached hydrogens (tertiary/aromatic N) is 2. The van der Waals surface area contributed by atoms with Gasteiger partial charge in [0.15, 0.2) is 16.3 Å². The van der Waals surface area contributed by atoms with E-state index in [1.165, 1.54) is 23.0 Å². The first-order valence-electron chi connectivity index (χ1n) is 13.2. The Morgan fingerprint density at radius 3 is 2.59 bits per heavy atom. The van der Waals surface area contributed by atoms with Crippen molar-refractivity contribution in [3.05, 3.63) is 88.5 Å². The number of esters is 1. The Labute approximate surface area is 252 Å². The summed E-state index contributed by atoms with van der Waals surface area (Å²) in [5.41, 5.74) is 1.67. The molecule has 0 bridgehead atoms. The topological polar surface area (TPSA) is 88.4 Å². The summed E-state index contributed by atoms with van der Waals surface area (Å²) in [6, 6.07) is 9.67. The van der Waals surface area contributed by atoms with Gasteiger partial charge in [-0.15, -0.1) is 0 Å². The predicted octanol–water partition coefficient (Wildman–Crippen LogP) is 5.31. The van der Waals surface area contributed by atoms with Crippen molar-refractivity contribution in [3.63, 3.8) is 0 Å². The SMILES string of the molecule is CCCCCOc1ccc(C2C(C(=O)OCCOC)=C(C)N=c3s/c(=C\c4ccc(Cl)cc4Cl)c(=O)n32)cc1OC. The number of benzene rings is 2. The number of carbonyl (C=O) groups is 1. The third-order valence-electron chi connectivity index (χ3n) is 6.52. The number of fused-ring (bicyclic) bond motifs is 1. The molecule has 0 spiro atoms. The highest BCUT2D eigenvalue weighted by Gasteiger charge is 2.34. The normalized spacial score (nSPS) is 15.0. The average Bonchev–Trinajstić information content (AvgIpc) is 3.26. The zero-order valence-electron chi connectivity index (χ0n) is 23.4. The highest BCUT2D eigenvalue weighted by atomic mass is 35.5. The minimum absolute atomic E-state index is 0.0617. The van der Waals surface area contributed by atoms with Crippen LogP contribution >= 0.6 is 34.5 Å². The van der Waals surface area contributed by atoms with Crippen LogP contribution in [0.15, 0.2) is 57.5 Å². The molecule has 0 N–H and O–H groups in total. The molecule has 2 aromatic carbocycles. The van der Waals surface area contributed by atoms with E-state index in [2.05, 4.69) is 11.9 Å². The van der Waals surface area contributed by atoms with Crippen molar-refractivity contribution >= 4 is 46.6 Å². The fourth-order valence-electron chi connectivity index (χ4n) is 4.46. The van der Waals surface area contributed by atoms with Crippen molar-refractivity contribution in [1.82, 2.24) is 4.57 Å². The lowest BCUT2D eigenvalue weighted by Gasteiger charge is -2.25. The maximum Gasteiger partial charge on any atom is 0.338 e. The van der Waals surface area contributed by atoms with Crippen LogP contribution in [0.25, 0.3) is 6.08 Å². The lowest BCUT2D eigenvalue weighted by Crippen LogP contribution is -2.40. The molecule has 1 aromatic heterocycles. The summed E-state index contributed by atoms with van der Waals surface area (Å²) < 4.78 is 24.1. The van der Waals surface area contributed by atoms with Crippen LogP contribution in [0.4, 0.5) is 0 Å². The predicted molar refractivity (Wildman–Crippen MR) is 161 cm³/mol. The third-order valence-corrected chi connectivity index (χ3v) is 8.07. The average molecular weight is 620 g/mol. The Kier molecular flexibility index (Phi) is 10.7. The van der Waals surface area contributed by atoms with Gasteiger partial charge >= 0.3 is 5.97 Å². The maximum absolute atomic E-state index is 13.9. The van der Waals surface area contributed by atoms with Gasteiger partial charge in [-0.2, -0.15) is 0 Å². The molecule has 0 saturated heterocycles. The number of aromatic nitrogens is 1. The molecule has 1 aliphatic rings. The molecular weight excluding hydrogens is 587 g/mol. The van der Waals surface area contributed by atoms with Crippen LogP contribution in [-0.2, 0) is 14.3 Å². The van der Waals surface area contributed by atoms with Crippen LogP contribution < -0.4 is 24.4 Å². The molecule has 0 saturated carbocycles. The van der Waals surface area contributed by atoms with Gasteiger partial charge in [-0.1, -0.05) is 66.4 Å². The zero-order valence-corrected chi connectivity index (χ0v) is 25.7. The summed E-state index contributed by atoms with van der Waals surface area (Å²) in [6.45, 7) is 4.72. The van der Waals surface area contributed by atoms with Crippen LogP contribution in [0.2, 0.25) is 10.0 Å². The van der Waals surface area contributed by atoms with Gasteiger partial charge in [0.1, 0.15) is 6.61 Å². The summed E-state index contributed by atoms with van der Waals surface area (Å²) in [5, 5.41) is 0.908. The fraction of sp³-hybridized carbons (Fsp3) is 0.367. The molecule has 1 unspecified atom stereocenters. The number of methoxy groups -OCH3 is 2. The number of allylic oxidation sites excluding steroid dienone is 1. The minimum atomic E-state index is -0.813. The summed E-state index contributed by atoms with van der Waals surface area (Å²) in [7, 11) is 3.08. The lowest BCUT2D eigenvalue weighted by molar-refractivity contribution is -0.140. The molecule has 0 fully saturated rings. The monoisotopic (exact) mass is 618 g/mol. The number of hydrogen-bond acceptors (Lipinski definition) is 8. The van der Waals surface area contributed by atoms with Crippen molar-refractivity contribution in [2.45, 2.75) is 39.2 Å². The molecule has 8 nitrogen and oxygen atoms in total. The van der Waals surface area contributed by atoms with Gasteiger partial charge in [0.25, 0.3) is 5.56 Å². The number of thiazole rings is 1. The number of rotatable bonds is 12. The second-order valence-electron chi connectivity index (χ2n) is 9.34. The van der Waals surface area contributed by atoms with Gasteiger partial charge in [-0.25, -0.2) is 9.79 Å². The van der Waals surface area contributed by atoms with Crippen LogP contribution in [0.3, 0.4) is 0 Å². The molecule has 11 heteroatoms. The summed E-state index contributed by atoms with van der Waals surface area (Å²) in [6.07, 6.45) is 4.77. The van der Waals surface area contributed by atoms with Crippen molar-refractivity contribution in [1.29, 1.82) is 0 Å². The molecule has 1 atom stereocenters. The van der Waals surface area contributed by atoms with Crippen molar-refractivity contribution in [2.24, 2.45) is 4.99 Å². The second kappa shape index (κ2) is 14.2. The standard InChI is InChI=1S/C30H32Cl2N2O6S/c1-5-6-7-12-39-23-11-9-20(15-24(23)38-4)27-26(29(36)40-14-13-37-3)18(2)33-30-34(27)28(35)25(41-30)16-19-8-10-21(31)17-22(19)32/h8-11,15-17,27H,5-7,12-14H2,1-4H3/b25-16-. The van der Waals surface area contributed by atoms with Gasteiger partial charge in [0, 0.05) is 17.2 Å². The van der Waals surface area contributed by atoms with Crippen LogP contribution in [-0.4, -0.2) is 44.6 Å². The van der Waals surface area contributed by atoms with Crippen molar-refractivity contribution in [3.8, 4) is 11.5 Å². The van der Waals surface area contributed by atoms with Gasteiger partial charge in [0.2, 0.25) is 0 Å². The van der Waals surface area contributed by atoms with Crippen LogP contribution in [0.5, 0.6) is 11.5 Å². The second-order valence-corrected chi connectivity index (χ2v) is 11.2. The van der Waals surface area contributed by atoms with Gasteiger partial charge in [0.05, 0.1) is 42.2 Å². The highest BCUT2D eigenvalue weighted by Crippen LogP contribution is 2.36. The number of ether oxygens (including phenoxy) is 4. The van der Waals surface area contributed by atoms with E-state index in [4.69, 9.17) is 42.1 Å². The molecular formula is C30H32Cl2N2O6S. The first kappa shape index (κ1) is 30.8. The van der Waals surface area contributed by atoms with E-state index < -0.39 is 12.0 Å². The molecule has 0 radical (unpaired) electrons. The Morgan fingerprint density at radius 2 is 1.88 bits per heavy atom. The first-order valence-corrected chi connectivity index (χ1v) is 14.8. The Morgan fingerprint density at radius 1 is 1.07 bits per heavy atom. The van der Waals surface area contributed by atoms with E-state index in [1.807, 2.05) is 6.07 Å². The van der Waals surface area contributed by atoms with Gasteiger partial charge in [-0.3, -0.25) is 9.36 Å². The fourth-order valence-corrected chi connectivity index (χ4v) is 5.96. The number of unbranched alkanes of at least 4 members (excludes halogenated alkanes) is 2. The Balaban J connectivity index is 1.85. The first-order chi connectivity index (χ1) is 19.8. The molecule has 0 aliphatic carbocycles. The number of hydrogen-bond donors (Lipinski definition) is 0. The van der Waals surface area contributed by atoms with Crippen LogP contribution in [0.1, 0.15) is 50.3 Å². The molecule has 3 aromatic rings.